The summed E-state index contributed by atoms with van der Waals surface area (Å²) in [5.74, 6) is 0. The van der Waals surface area contributed by atoms with Crippen LogP contribution < -0.4 is 5.73 Å². The standard InChI is InChI=1S/C13H28N2O2S/c1-4-13(5-2,11-14)15(6-3)18(16,17)12-9-7-8-10-12/h12H,4-11,14H2,1-3H3. The molecule has 0 bridgehead atoms. The van der Waals surface area contributed by atoms with E-state index >= 15 is 0 Å². The average Bonchev–Trinajstić information content (AvgIpc) is 2.90. The molecule has 5 heteroatoms. The van der Waals surface area contributed by atoms with Crippen molar-refractivity contribution in [1.29, 1.82) is 0 Å². The van der Waals surface area contributed by atoms with Gasteiger partial charge in [-0.3, -0.25) is 0 Å². The molecule has 108 valence electrons. The van der Waals surface area contributed by atoms with Crippen molar-refractivity contribution in [2.75, 3.05) is 13.1 Å². The summed E-state index contributed by atoms with van der Waals surface area (Å²) in [6, 6.07) is 0. The van der Waals surface area contributed by atoms with Crippen LogP contribution in [-0.4, -0.2) is 36.6 Å². The summed E-state index contributed by atoms with van der Waals surface area (Å²) < 4.78 is 27.2. The summed E-state index contributed by atoms with van der Waals surface area (Å²) in [6.45, 7) is 6.91. The first-order chi connectivity index (χ1) is 8.48. The molecule has 2 N–H and O–H groups in total. The number of hydrogen-bond donors (Lipinski definition) is 1. The van der Waals surface area contributed by atoms with Crippen molar-refractivity contribution in [1.82, 2.24) is 4.31 Å². The van der Waals surface area contributed by atoms with Crippen LogP contribution >= 0.6 is 0 Å². The fourth-order valence-corrected chi connectivity index (χ4v) is 5.67. The predicted octanol–water partition coefficient (Wildman–Crippen LogP) is 2.10. The smallest absolute Gasteiger partial charge is 0.217 e. The van der Waals surface area contributed by atoms with Gasteiger partial charge in [-0.05, 0) is 25.7 Å². The van der Waals surface area contributed by atoms with Crippen molar-refractivity contribution in [3.8, 4) is 0 Å². The maximum atomic E-state index is 12.8. The Morgan fingerprint density at radius 3 is 2.00 bits per heavy atom. The van der Waals surface area contributed by atoms with Crippen LogP contribution in [-0.2, 0) is 10.0 Å². The van der Waals surface area contributed by atoms with Gasteiger partial charge in [0.1, 0.15) is 0 Å². The maximum Gasteiger partial charge on any atom is 0.217 e. The highest BCUT2D eigenvalue weighted by Gasteiger charge is 2.43. The second kappa shape index (κ2) is 6.35. The lowest BCUT2D eigenvalue weighted by molar-refractivity contribution is 0.182. The number of hydrogen-bond acceptors (Lipinski definition) is 3. The van der Waals surface area contributed by atoms with Crippen LogP contribution in [0.15, 0.2) is 0 Å². The second-order valence-corrected chi connectivity index (χ2v) is 7.39. The SMILES string of the molecule is CCN(C(CC)(CC)CN)S(=O)(=O)C1CCCC1. The largest absolute Gasteiger partial charge is 0.329 e. The summed E-state index contributed by atoms with van der Waals surface area (Å²) in [5.41, 5.74) is 5.50. The van der Waals surface area contributed by atoms with Crippen molar-refractivity contribution in [2.24, 2.45) is 5.73 Å². The number of likely N-dealkylation sites (N-methyl/N-ethyl adjacent to an activating group) is 1. The van der Waals surface area contributed by atoms with Crippen molar-refractivity contribution in [3.05, 3.63) is 0 Å². The number of nitrogens with zero attached hydrogens (tertiary/aromatic N) is 1. The first-order valence-corrected chi connectivity index (χ1v) is 8.70. The van der Waals surface area contributed by atoms with Gasteiger partial charge in [0.2, 0.25) is 10.0 Å². The van der Waals surface area contributed by atoms with E-state index < -0.39 is 15.6 Å². The van der Waals surface area contributed by atoms with Crippen molar-refractivity contribution in [2.45, 2.75) is 70.1 Å². The van der Waals surface area contributed by atoms with Gasteiger partial charge in [0, 0.05) is 18.6 Å². The van der Waals surface area contributed by atoms with E-state index in [2.05, 4.69) is 0 Å². The molecule has 0 amide bonds. The normalized spacial score (nSPS) is 18.7. The quantitative estimate of drug-likeness (QED) is 0.774. The van der Waals surface area contributed by atoms with Gasteiger partial charge in [0.25, 0.3) is 0 Å². The zero-order valence-electron chi connectivity index (χ0n) is 12.0. The van der Waals surface area contributed by atoms with Gasteiger partial charge in [-0.1, -0.05) is 33.6 Å². The van der Waals surface area contributed by atoms with Gasteiger partial charge in [-0.2, -0.15) is 4.31 Å². The van der Waals surface area contributed by atoms with E-state index in [1.807, 2.05) is 20.8 Å². The number of nitrogens with two attached hydrogens (primary N) is 1. The van der Waals surface area contributed by atoms with E-state index in [1.165, 1.54) is 0 Å². The Morgan fingerprint density at radius 1 is 1.17 bits per heavy atom. The van der Waals surface area contributed by atoms with Crippen LogP contribution in [0.1, 0.15) is 59.3 Å². The lowest BCUT2D eigenvalue weighted by atomic mass is 9.93. The van der Waals surface area contributed by atoms with Gasteiger partial charge in [0.05, 0.1) is 5.25 Å². The number of rotatable bonds is 7. The van der Waals surface area contributed by atoms with Gasteiger partial charge in [-0.15, -0.1) is 0 Å². The zero-order chi connectivity index (χ0) is 13.8. The van der Waals surface area contributed by atoms with Crippen molar-refractivity contribution >= 4 is 10.0 Å². The van der Waals surface area contributed by atoms with E-state index in [4.69, 9.17) is 5.73 Å². The first kappa shape index (κ1) is 15.9. The molecule has 0 saturated heterocycles. The Kier molecular flexibility index (Phi) is 5.62. The third-order valence-corrected chi connectivity index (χ3v) is 7.12. The Balaban J connectivity index is 3.07. The number of sulfonamides is 1. The maximum absolute atomic E-state index is 12.8. The highest BCUT2D eigenvalue weighted by molar-refractivity contribution is 7.89. The van der Waals surface area contributed by atoms with Crippen LogP contribution in [0.4, 0.5) is 0 Å². The molecular weight excluding hydrogens is 248 g/mol. The van der Waals surface area contributed by atoms with Crippen LogP contribution in [0.25, 0.3) is 0 Å². The molecule has 0 heterocycles. The minimum absolute atomic E-state index is 0.179. The molecule has 0 radical (unpaired) electrons. The molecule has 1 fully saturated rings. The van der Waals surface area contributed by atoms with Gasteiger partial charge >= 0.3 is 0 Å². The van der Waals surface area contributed by atoms with E-state index in [-0.39, 0.29) is 5.25 Å². The molecule has 0 atom stereocenters. The predicted molar refractivity (Wildman–Crippen MR) is 75.9 cm³/mol. The molecule has 1 saturated carbocycles. The molecular formula is C13H28N2O2S. The van der Waals surface area contributed by atoms with E-state index in [9.17, 15) is 8.42 Å². The fraction of sp³-hybridized carbons (Fsp3) is 1.00. The summed E-state index contributed by atoms with van der Waals surface area (Å²) >= 11 is 0. The molecule has 1 rings (SSSR count). The lowest BCUT2D eigenvalue weighted by Crippen LogP contribution is -2.57. The molecule has 1 aliphatic carbocycles. The summed E-state index contributed by atoms with van der Waals surface area (Å²) in [7, 11) is -3.19. The second-order valence-electron chi connectivity index (χ2n) is 5.25. The average molecular weight is 276 g/mol. The van der Waals surface area contributed by atoms with Crippen molar-refractivity contribution < 1.29 is 8.42 Å². The zero-order valence-corrected chi connectivity index (χ0v) is 12.8. The Labute approximate surface area is 112 Å². The fourth-order valence-electron chi connectivity index (χ4n) is 3.14. The van der Waals surface area contributed by atoms with Gasteiger partial charge < -0.3 is 5.73 Å². The van der Waals surface area contributed by atoms with Crippen LogP contribution in [0.5, 0.6) is 0 Å². The van der Waals surface area contributed by atoms with Gasteiger partial charge in [0.15, 0.2) is 0 Å². The topological polar surface area (TPSA) is 63.4 Å². The van der Waals surface area contributed by atoms with Crippen molar-refractivity contribution in [3.63, 3.8) is 0 Å². The molecule has 18 heavy (non-hydrogen) atoms. The molecule has 0 unspecified atom stereocenters. The Bertz CT molecular complexity index is 336. The molecule has 0 aliphatic heterocycles. The monoisotopic (exact) mass is 276 g/mol. The highest BCUT2D eigenvalue weighted by Crippen LogP contribution is 2.33. The third kappa shape index (κ3) is 2.73. The summed E-state index contributed by atoms with van der Waals surface area (Å²) in [5, 5.41) is -0.179. The minimum Gasteiger partial charge on any atom is -0.329 e. The van der Waals surface area contributed by atoms with Crippen LogP contribution in [0.3, 0.4) is 0 Å². The van der Waals surface area contributed by atoms with E-state index in [1.54, 1.807) is 4.31 Å². The molecule has 4 nitrogen and oxygen atoms in total. The lowest BCUT2D eigenvalue weighted by Gasteiger charge is -2.42. The third-order valence-electron chi connectivity index (χ3n) is 4.54. The summed E-state index contributed by atoms with van der Waals surface area (Å²) in [6.07, 6.45) is 5.25. The molecule has 0 aromatic carbocycles. The minimum atomic E-state index is -3.19. The van der Waals surface area contributed by atoms with Gasteiger partial charge in [-0.25, -0.2) is 8.42 Å². The Hall–Kier alpha value is -0.130. The summed E-state index contributed by atoms with van der Waals surface area (Å²) in [4.78, 5) is 0. The highest BCUT2D eigenvalue weighted by atomic mass is 32.2. The molecule has 0 spiro atoms. The first-order valence-electron chi connectivity index (χ1n) is 7.20. The molecule has 0 aromatic rings. The van der Waals surface area contributed by atoms with Crippen LogP contribution in [0.2, 0.25) is 0 Å². The molecule has 1 aliphatic rings. The Morgan fingerprint density at radius 2 is 1.67 bits per heavy atom. The van der Waals surface area contributed by atoms with E-state index in [0.717, 1.165) is 38.5 Å². The van der Waals surface area contributed by atoms with E-state index in [0.29, 0.717) is 13.1 Å². The molecule has 0 aromatic heterocycles. The van der Waals surface area contributed by atoms with Crippen LogP contribution in [0, 0.1) is 0 Å².